The molecule has 4 heteroatoms. The molecule has 0 radical (unpaired) electrons. The van der Waals surface area contributed by atoms with Crippen LogP contribution in [0.4, 0.5) is 5.69 Å². The van der Waals surface area contributed by atoms with Crippen LogP contribution in [0, 0.1) is 0 Å². The van der Waals surface area contributed by atoms with Crippen molar-refractivity contribution in [3.8, 4) is 0 Å². The van der Waals surface area contributed by atoms with Gasteiger partial charge in [-0.15, -0.1) is 0 Å². The number of halogens is 1. The number of carboxylic acid groups (broad SMARTS) is 1. The Labute approximate surface area is 91.5 Å². The molecule has 0 heterocycles. The Morgan fingerprint density at radius 1 is 1.57 bits per heavy atom. The van der Waals surface area contributed by atoms with Crippen molar-refractivity contribution >= 4 is 27.6 Å². The molecule has 0 saturated heterocycles. The van der Waals surface area contributed by atoms with E-state index in [2.05, 4.69) is 15.9 Å². The van der Waals surface area contributed by atoms with E-state index in [0.29, 0.717) is 10.0 Å². The first-order valence-electron chi connectivity index (χ1n) is 4.30. The predicted octanol–water partition coefficient (Wildman–Crippen LogP) is 2.60. The highest BCUT2D eigenvalue weighted by molar-refractivity contribution is 9.10. The fourth-order valence-corrected chi connectivity index (χ4v) is 1.74. The van der Waals surface area contributed by atoms with Crippen molar-refractivity contribution in [2.75, 3.05) is 18.5 Å². The van der Waals surface area contributed by atoms with Crippen LogP contribution in [-0.4, -0.2) is 24.7 Å². The predicted molar refractivity (Wildman–Crippen MR) is 60.0 cm³/mol. The summed E-state index contributed by atoms with van der Waals surface area (Å²) >= 11 is 3.24. The van der Waals surface area contributed by atoms with Crippen LogP contribution in [0.5, 0.6) is 0 Å². The maximum absolute atomic E-state index is 11.0. The Morgan fingerprint density at radius 2 is 2.21 bits per heavy atom. The van der Waals surface area contributed by atoms with Gasteiger partial charge in [-0.25, -0.2) is 4.79 Å². The van der Waals surface area contributed by atoms with Gasteiger partial charge in [0.15, 0.2) is 0 Å². The molecule has 0 aromatic heterocycles. The highest BCUT2D eigenvalue weighted by Crippen LogP contribution is 2.26. The second-order valence-electron chi connectivity index (χ2n) is 2.95. The minimum absolute atomic E-state index is 0.317. The van der Waals surface area contributed by atoms with E-state index in [4.69, 9.17) is 5.11 Å². The molecule has 0 unspecified atom stereocenters. The molecular weight excluding hydrogens is 246 g/mol. The summed E-state index contributed by atoms with van der Waals surface area (Å²) in [6.45, 7) is 2.75. The Bertz CT molecular complexity index is 352. The van der Waals surface area contributed by atoms with Crippen LogP contribution in [0.3, 0.4) is 0 Å². The van der Waals surface area contributed by atoms with E-state index in [0.717, 1.165) is 12.2 Å². The van der Waals surface area contributed by atoms with Gasteiger partial charge in [0, 0.05) is 18.1 Å². The number of benzene rings is 1. The smallest absolute Gasteiger partial charge is 0.338 e. The Morgan fingerprint density at radius 3 is 2.71 bits per heavy atom. The topological polar surface area (TPSA) is 40.5 Å². The average molecular weight is 258 g/mol. The van der Waals surface area contributed by atoms with E-state index < -0.39 is 5.97 Å². The monoisotopic (exact) mass is 257 g/mol. The zero-order valence-electron chi connectivity index (χ0n) is 8.12. The van der Waals surface area contributed by atoms with E-state index in [9.17, 15) is 4.79 Å². The lowest BCUT2D eigenvalue weighted by molar-refractivity contribution is 0.0696. The minimum Gasteiger partial charge on any atom is -0.478 e. The van der Waals surface area contributed by atoms with Crippen LogP contribution in [0.25, 0.3) is 0 Å². The number of nitrogens with zero attached hydrogens (tertiary/aromatic N) is 1. The standard InChI is InChI=1S/C10H12BrNO2/c1-3-12(2)8-6-4-5-7(11)9(8)10(13)14/h4-6H,3H2,1-2H3,(H,13,14). The summed E-state index contributed by atoms with van der Waals surface area (Å²) in [6.07, 6.45) is 0. The number of carboxylic acids is 1. The molecule has 76 valence electrons. The van der Waals surface area contributed by atoms with Crippen LogP contribution in [0.2, 0.25) is 0 Å². The fourth-order valence-electron chi connectivity index (χ4n) is 1.21. The van der Waals surface area contributed by atoms with Crippen LogP contribution in [-0.2, 0) is 0 Å². The number of carbonyl (C=O) groups is 1. The van der Waals surface area contributed by atoms with Crippen LogP contribution >= 0.6 is 15.9 Å². The number of aromatic carboxylic acids is 1. The number of anilines is 1. The molecule has 3 nitrogen and oxygen atoms in total. The largest absolute Gasteiger partial charge is 0.478 e. The maximum atomic E-state index is 11.0. The third-order valence-corrected chi connectivity index (χ3v) is 2.75. The van der Waals surface area contributed by atoms with Gasteiger partial charge in [0.1, 0.15) is 0 Å². The number of rotatable bonds is 3. The highest BCUT2D eigenvalue weighted by Gasteiger charge is 2.15. The lowest BCUT2D eigenvalue weighted by Crippen LogP contribution is -2.19. The van der Waals surface area contributed by atoms with Gasteiger partial charge in [-0.2, -0.15) is 0 Å². The summed E-state index contributed by atoms with van der Waals surface area (Å²) in [4.78, 5) is 12.9. The van der Waals surface area contributed by atoms with Crippen molar-refractivity contribution < 1.29 is 9.90 Å². The molecule has 0 bridgehead atoms. The van der Waals surface area contributed by atoms with E-state index in [1.807, 2.05) is 24.9 Å². The molecule has 0 aliphatic carbocycles. The van der Waals surface area contributed by atoms with E-state index >= 15 is 0 Å². The molecule has 1 N–H and O–H groups in total. The summed E-state index contributed by atoms with van der Waals surface area (Å²) in [6, 6.07) is 5.37. The Hall–Kier alpha value is -1.03. The lowest BCUT2D eigenvalue weighted by atomic mass is 10.1. The SMILES string of the molecule is CCN(C)c1cccc(Br)c1C(=O)O. The summed E-state index contributed by atoms with van der Waals surface area (Å²) in [5, 5.41) is 9.03. The molecular formula is C10H12BrNO2. The van der Waals surface area contributed by atoms with Gasteiger partial charge < -0.3 is 10.0 Å². The van der Waals surface area contributed by atoms with Gasteiger partial charge >= 0.3 is 5.97 Å². The van der Waals surface area contributed by atoms with Crippen LogP contribution in [0.1, 0.15) is 17.3 Å². The first kappa shape index (κ1) is 11.0. The van der Waals surface area contributed by atoms with Gasteiger partial charge in [0.2, 0.25) is 0 Å². The molecule has 14 heavy (non-hydrogen) atoms. The van der Waals surface area contributed by atoms with Crippen molar-refractivity contribution in [1.29, 1.82) is 0 Å². The summed E-state index contributed by atoms with van der Waals surface area (Å²) < 4.78 is 0.614. The third kappa shape index (κ3) is 2.07. The average Bonchev–Trinajstić information content (AvgIpc) is 2.15. The van der Waals surface area contributed by atoms with Crippen molar-refractivity contribution in [1.82, 2.24) is 0 Å². The van der Waals surface area contributed by atoms with E-state index in [1.165, 1.54) is 0 Å². The first-order valence-corrected chi connectivity index (χ1v) is 5.10. The molecule has 0 aliphatic heterocycles. The summed E-state index contributed by atoms with van der Waals surface area (Å²) in [7, 11) is 1.87. The number of hydrogen-bond acceptors (Lipinski definition) is 2. The fraction of sp³-hybridized carbons (Fsp3) is 0.300. The zero-order chi connectivity index (χ0) is 10.7. The minimum atomic E-state index is -0.909. The lowest BCUT2D eigenvalue weighted by Gasteiger charge is -2.19. The molecule has 0 spiro atoms. The zero-order valence-corrected chi connectivity index (χ0v) is 9.71. The van der Waals surface area contributed by atoms with E-state index in [1.54, 1.807) is 12.1 Å². The van der Waals surface area contributed by atoms with Gasteiger partial charge in [-0.05, 0) is 35.0 Å². The van der Waals surface area contributed by atoms with Gasteiger partial charge in [-0.1, -0.05) is 6.07 Å². The van der Waals surface area contributed by atoms with Crippen molar-refractivity contribution in [3.63, 3.8) is 0 Å². The number of hydrogen-bond donors (Lipinski definition) is 1. The molecule has 0 amide bonds. The summed E-state index contributed by atoms with van der Waals surface area (Å²) in [5.41, 5.74) is 1.05. The first-order chi connectivity index (χ1) is 6.57. The molecule has 0 saturated carbocycles. The second-order valence-corrected chi connectivity index (χ2v) is 3.81. The maximum Gasteiger partial charge on any atom is 0.338 e. The van der Waals surface area contributed by atoms with Crippen molar-refractivity contribution in [3.05, 3.63) is 28.2 Å². The third-order valence-electron chi connectivity index (χ3n) is 2.09. The van der Waals surface area contributed by atoms with Crippen LogP contribution < -0.4 is 4.90 Å². The molecule has 0 atom stereocenters. The quantitative estimate of drug-likeness (QED) is 0.905. The van der Waals surface area contributed by atoms with Gasteiger partial charge in [0.05, 0.1) is 11.3 Å². The van der Waals surface area contributed by atoms with E-state index in [-0.39, 0.29) is 0 Å². The Kier molecular flexibility index (Phi) is 3.52. The highest BCUT2D eigenvalue weighted by atomic mass is 79.9. The molecule has 0 aliphatic rings. The normalized spacial score (nSPS) is 9.93. The molecule has 1 aromatic rings. The molecule has 1 aromatic carbocycles. The van der Waals surface area contributed by atoms with Gasteiger partial charge in [-0.3, -0.25) is 0 Å². The van der Waals surface area contributed by atoms with Crippen molar-refractivity contribution in [2.24, 2.45) is 0 Å². The van der Waals surface area contributed by atoms with Gasteiger partial charge in [0.25, 0.3) is 0 Å². The molecule has 0 fully saturated rings. The summed E-state index contributed by atoms with van der Waals surface area (Å²) in [5.74, 6) is -0.909. The van der Waals surface area contributed by atoms with Crippen LogP contribution in [0.15, 0.2) is 22.7 Å². The second kappa shape index (κ2) is 4.46. The van der Waals surface area contributed by atoms with Crippen molar-refractivity contribution in [2.45, 2.75) is 6.92 Å². The Balaban J connectivity index is 3.28. The molecule has 1 rings (SSSR count).